The smallest absolute Gasteiger partial charge is 0.319 e. The summed E-state index contributed by atoms with van der Waals surface area (Å²) >= 11 is 0. The van der Waals surface area contributed by atoms with Crippen molar-refractivity contribution in [3.8, 4) is 35.4 Å². The minimum absolute atomic E-state index is 0.0242. The summed E-state index contributed by atoms with van der Waals surface area (Å²) in [7, 11) is 0. The molecule has 2 aromatic heterocycles. The number of halogens is 2. The number of aromatic hydroxyl groups is 1. The Kier molecular flexibility index (Phi) is 7.01. The number of piperazine rings is 1. The van der Waals surface area contributed by atoms with Crippen molar-refractivity contribution >= 4 is 27.5 Å². The van der Waals surface area contributed by atoms with Crippen LogP contribution in [0.4, 0.5) is 14.6 Å². The van der Waals surface area contributed by atoms with Crippen molar-refractivity contribution < 1.29 is 23.4 Å². The molecule has 7 heterocycles. The van der Waals surface area contributed by atoms with Crippen molar-refractivity contribution in [1.82, 2.24) is 25.2 Å². The van der Waals surface area contributed by atoms with Crippen LogP contribution in [0.25, 0.3) is 32.9 Å². The molecule has 11 heteroatoms. The number of hydrogen-bond acceptors (Lipinski definition) is 9. The molecule has 0 spiro atoms. The highest BCUT2D eigenvalue weighted by atomic mass is 19.1. The predicted molar refractivity (Wildman–Crippen MR) is 178 cm³/mol. The number of ether oxygens (including phenoxy) is 2. The van der Waals surface area contributed by atoms with E-state index < -0.39 is 11.6 Å². The Morgan fingerprint density at radius 3 is 2.75 bits per heavy atom. The van der Waals surface area contributed by atoms with Gasteiger partial charge in [-0.25, -0.2) is 8.78 Å². The average Bonchev–Trinajstić information content (AvgIpc) is 3.89. The molecule has 5 saturated heterocycles. The molecule has 2 aromatic carbocycles. The van der Waals surface area contributed by atoms with Crippen molar-refractivity contribution in [1.29, 1.82) is 0 Å². The van der Waals surface area contributed by atoms with Gasteiger partial charge in [0.1, 0.15) is 35.2 Å². The Morgan fingerprint density at radius 2 is 1.96 bits per heavy atom. The lowest BCUT2D eigenvalue weighted by molar-refractivity contribution is 0.0326. The molecule has 0 radical (unpaired) electrons. The van der Waals surface area contributed by atoms with Gasteiger partial charge in [0, 0.05) is 42.9 Å². The van der Waals surface area contributed by atoms with Crippen LogP contribution in [0.1, 0.15) is 56.9 Å². The number of nitrogens with zero attached hydrogens (tertiary/aromatic N) is 5. The summed E-state index contributed by atoms with van der Waals surface area (Å²) in [5.74, 6) is 1.54. The van der Waals surface area contributed by atoms with E-state index in [9.17, 15) is 9.50 Å². The predicted octanol–water partition coefficient (Wildman–Crippen LogP) is 5.31. The van der Waals surface area contributed by atoms with Crippen LogP contribution in [0, 0.1) is 24.0 Å². The van der Waals surface area contributed by atoms with Crippen LogP contribution in [-0.4, -0.2) is 87.6 Å². The van der Waals surface area contributed by atoms with E-state index in [4.69, 9.17) is 20.9 Å². The zero-order valence-corrected chi connectivity index (χ0v) is 26.8. The van der Waals surface area contributed by atoms with Crippen LogP contribution < -0.4 is 15.0 Å². The van der Waals surface area contributed by atoms with Gasteiger partial charge in [0.25, 0.3) is 0 Å². The van der Waals surface area contributed by atoms with E-state index in [1.54, 1.807) is 6.20 Å². The van der Waals surface area contributed by atoms with E-state index in [1.807, 2.05) is 0 Å². The zero-order chi connectivity index (χ0) is 32.6. The first-order chi connectivity index (χ1) is 23.4. The first-order valence-corrected chi connectivity index (χ1v) is 17.2. The van der Waals surface area contributed by atoms with E-state index >= 15 is 4.39 Å². The largest absolute Gasteiger partial charge is 0.508 e. The highest BCUT2D eigenvalue weighted by molar-refractivity contribution is 6.03. The highest BCUT2D eigenvalue weighted by Crippen LogP contribution is 2.43. The average molecular weight is 653 g/mol. The summed E-state index contributed by atoms with van der Waals surface area (Å²) in [6, 6.07) is 5.96. The Labute approximate surface area is 277 Å². The second-order valence-electron chi connectivity index (χ2n) is 14.3. The number of aromatic nitrogens is 3. The van der Waals surface area contributed by atoms with E-state index in [2.05, 4.69) is 31.0 Å². The molecule has 5 fully saturated rings. The van der Waals surface area contributed by atoms with E-state index in [0.29, 0.717) is 41.7 Å². The summed E-state index contributed by atoms with van der Waals surface area (Å²) in [5.41, 5.74) is -0.137. The fourth-order valence-corrected chi connectivity index (χ4v) is 9.37. The van der Waals surface area contributed by atoms with Gasteiger partial charge in [-0.05, 0) is 88.0 Å². The van der Waals surface area contributed by atoms with Crippen LogP contribution in [0.15, 0.2) is 30.5 Å². The number of hydrogen-bond donors (Lipinski definition) is 2. The fraction of sp³-hybridized carbons (Fsp3) is 0.486. The number of benzene rings is 2. The maximum atomic E-state index is 17.0. The van der Waals surface area contributed by atoms with Gasteiger partial charge in [0.05, 0.1) is 28.1 Å². The molecule has 9 nitrogen and oxygen atoms in total. The Bertz CT molecular complexity index is 1980. The number of anilines is 1. The maximum Gasteiger partial charge on any atom is 0.319 e. The molecule has 0 saturated carbocycles. The number of pyridine rings is 1. The molecule has 3 unspecified atom stereocenters. The number of nitrogens with one attached hydrogen (secondary N) is 1. The molecule has 2 N–H and O–H groups in total. The molecular formula is C37H38F2N6O3. The second kappa shape index (κ2) is 11.2. The van der Waals surface area contributed by atoms with Gasteiger partial charge in [-0.1, -0.05) is 12.0 Å². The van der Waals surface area contributed by atoms with Crippen molar-refractivity contribution in [2.45, 2.75) is 74.6 Å². The summed E-state index contributed by atoms with van der Waals surface area (Å²) in [6.45, 7) is 4.67. The molecule has 48 heavy (non-hydrogen) atoms. The van der Waals surface area contributed by atoms with Crippen LogP contribution in [0.5, 0.6) is 11.8 Å². The summed E-state index contributed by atoms with van der Waals surface area (Å²) in [4.78, 5) is 19.0. The first kappa shape index (κ1) is 30.0. The lowest BCUT2D eigenvalue weighted by atomic mass is 9.88. The van der Waals surface area contributed by atoms with E-state index in [0.717, 1.165) is 71.1 Å². The molecule has 0 aliphatic carbocycles. The lowest BCUT2D eigenvalue weighted by Crippen LogP contribution is -2.65. The van der Waals surface area contributed by atoms with Gasteiger partial charge in [-0.2, -0.15) is 9.97 Å². The standard InChI is InChI=1S/C37H38F2N6O3/c1-2-25-28(38)8-7-22-16-24(46)17-26(30(22)25)32-31(39)33-27(18-40-32)34(42-35(41-33)48-21-36-10-4-13-45(36)14-5-11-36)44-19-23-9-12-37(20-44,43-23)29-6-3-15-47-29/h1,7-8,16-18,23,29,43,46H,3-6,9-15,19-21H2. The maximum absolute atomic E-state index is 17.0. The first-order valence-electron chi connectivity index (χ1n) is 17.2. The van der Waals surface area contributed by atoms with Gasteiger partial charge in [-0.3, -0.25) is 9.88 Å². The van der Waals surface area contributed by atoms with Crippen molar-refractivity contribution in [2.75, 3.05) is 44.3 Å². The van der Waals surface area contributed by atoms with Crippen LogP contribution in [0.2, 0.25) is 0 Å². The normalized spacial score (nSPS) is 26.4. The third kappa shape index (κ3) is 4.64. The van der Waals surface area contributed by atoms with Crippen LogP contribution in [-0.2, 0) is 4.74 Å². The van der Waals surface area contributed by atoms with Gasteiger partial charge in [-0.15, -0.1) is 6.42 Å². The Morgan fingerprint density at radius 1 is 1.10 bits per heavy atom. The number of fused-ring (bicyclic) bond motifs is 5. The van der Waals surface area contributed by atoms with Crippen molar-refractivity contribution in [3.63, 3.8) is 0 Å². The molecule has 3 atom stereocenters. The number of phenolic OH excluding ortho intramolecular Hbond substituents is 1. The Hall–Kier alpha value is -4.11. The van der Waals surface area contributed by atoms with Gasteiger partial charge in [0.2, 0.25) is 0 Å². The van der Waals surface area contributed by atoms with Gasteiger partial charge >= 0.3 is 6.01 Å². The minimum atomic E-state index is -0.714. The summed E-state index contributed by atoms with van der Waals surface area (Å²) in [6.07, 6.45) is 15.8. The Balaban J connectivity index is 1.19. The summed E-state index contributed by atoms with van der Waals surface area (Å²) < 4.78 is 44.6. The quantitative estimate of drug-likeness (QED) is 0.269. The molecule has 248 valence electrons. The molecule has 4 aromatic rings. The molecular weight excluding hydrogens is 614 g/mol. The van der Waals surface area contributed by atoms with E-state index in [1.165, 1.54) is 24.3 Å². The molecule has 5 aliphatic heterocycles. The van der Waals surface area contributed by atoms with Crippen LogP contribution in [0.3, 0.4) is 0 Å². The topological polar surface area (TPSA) is 95.9 Å². The number of rotatable bonds is 6. The van der Waals surface area contributed by atoms with Crippen molar-refractivity contribution in [3.05, 3.63) is 47.7 Å². The molecule has 5 aliphatic rings. The van der Waals surface area contributed by atoms with Gasteiger partial charge < -0.3 is 24.8 Å². The molecule has 2 bridgehead atoms. The molecule has 9 rings (SSSR count). The third-order valence-electron chi connectivity index (χ3n) is 11.6. The minimum Gasteiger partial charge on any atom is -0.508 e. The van der Waals surface area contributed by atoms with Crippen molar-refractivity contribution in [2.24, 2.45) is 0 Å². The SMILES string of the molecule is C#Cc1c(F)ccc2cc(O)cc(-c3ncc4c(N5CC6CCC(C7CCCO7)(C5)N6)nc(OCC56CCCN5CCC6)nc4c3F)c12. The zero-order valence-electron chi connectivity index (χ0n) is 26.8. The summed E-state index contributed by atoms with van der Waals surface area (Å²) in [5, 5.41) is 15.7. The van der Waals surface area contributed by atoms with Gasteiger partial charge in [0.15, 0.2) is 5.82 Å². The molecule has 0 amide bonds. The third-order valence-corrected chi connectivity index (χ3v) is 11.6. The highest BCUT2D eigenvalue weighted by Gasteiger charge is 2.51. The van der Waals surface area contributed by atoms with Crippen LogP contribution >= 0.6 is 0 Å². The lowest BCUT2D eigenvalue weighted by Gasteiger charge is -2.45. The second-order valence-corrected chi connectivity index (χ2v) is 14.3. The van der Waals surface area contributed by atoms with E-state index in [-0.39, 0.29) is 57.3 Å². The fourth-order valence-electron chi connectivity index (χ4n) is 9.37. The monoisotopic (exact) mass is 652 g/mol. The number of terminal acetylenes is 1. The number of phenols is 1.